The lowest BCUT2D eigenvalue weighted by atomic mass is 10.1. The molecular weight excluding hydrogens is 508 g/mol. The smallest absolute Gasteiger partial charge is 0.345 e. The number of fused-ring (bicyclic) bond motifs is 2. The van der Waals surface area contributed by atoms with Gasteiger partial charge >= 0.3 is 5.63 Å². The summed E-state index contributed by atoms with van der Waals surface area (Å²) in [7, 11) is -3.91. The monoisotopic (exact) mass is 520 g/mol. The molecule has 4 aromatic rings. The number of benzene rings is 2. The zero-order valence-electron chi connectivity index (χ0n) is 15.6. The number of sulfonamides is 1. The fourth-order valence-corrected chi connectivity index (χ4v) is 5.44. The van der Waals surface area contributed by atoms with Crippen molar-refractivity contribution in [1.29, 1.82) is 0 Å². The first-order valence-electron chi connectivity index (χ1n) is 9.01. The van der Waals surface area contributed by atoms with E-state index in [2.05, 4.69) is 25.6 Å². The van der Waals surface area contributed by atoms with E-state index in [0.717, 1.165) is 21.2 Å². The predicted molar refractivity (Wildman–Crippen MR) is 120 cm³/mol. The second-order valence-electron chi connectivity index (χ2n) is 6.58. The first-order chi connectivity index (χ1) is 14.9. The van der Waals surface area contributed by atoms with Crippen LogP contribution in [0.1, 0.15) is 0 Å². The van der Waals surface area contributed by atoms with Crippen LogP contribution in [0, 0.1) is 0 Å². The summed E-state index contributed by atoms with van der Waals surface area (Å²) in [5.41, 5.74) is 0.459. The number of halogens is 1. The highest BCUT2D eigenvalue weighted by atomic mass is 79.9. The van der Waals surface area contributed by atoms with Gasteiger partial charge < -0.3 is 13.9 Å². The molecule has 0 atom stereocenters. The predicted octanol–water partition coefficient (Wildman–Crippen LogP) is 4.25. The molecule has 158 valence electrons. The average Bonchev–Trinajstić information content (AvgIpc) is 3.20. The van der Waals surface area contributed by atoms with Crippen molar-refractivity contribution in [3.05, 3.63) is 62.7 Å². The largest absolute Gasteiger partial charge is 0.486 e. The lowest BCUT2D eigenvalue weighted by Crippen LogP contribution is -2.17. The maximum Gasteiger partial charge on any atom is 0.345 e. The molecule has 0 unspecified atom stereocenters. The Kier molecular flexibility index (Phi) is 4.95. The van der Waals surface area contributed by atoms with Gasteiger partial charge in [0.2, 0.25) is 0 Å². The Morgan fingerprint density at radius 2 is 1.84 bits per heavy atom. The van der Waals surface area contributed by atoms with E-state index in [9.17, 15) is 13.2 Å². The molecule has 8 nitrogen and oxygen atoms in total. The fourth-order valence-electron chi connectivity index (χ4n) is 3.08. The van der Waals surface area contributed by atoms with Crippen LogP contribution >= 0.6 is 27.3 Å². The van der Waals surface area contributed by atoms with Gasteiger partial charge in [-0.1, -0.05) is 15.9 Å². The van der Waals surface area contributed by atoms with Gasteiger partial charge in [-0.3, -0.25) is 4.72 Å². The second kappa shape index (κ2) is 7.66. The minimum absolute atomic E-state index is 0.0172. The minimum atomic E-state index is -3.91. The summed E-state index contributed by atoms with van der Waals surface area (Å²) in [5, 5.41) is 2.44. The van der Waals surface area contributed by atoms with Gasteiger partial charge in [-0.15, -0.1) is 11.3 Å². The normalized spacial score (nSPS) is 13.3. The molecule has 0 fully saturated rings. The Balaban J connectivity index is 1.45. The van der Waals surface area contributed by atoms with E-state index in [1.165, 1.54) is 12.1 Å². The summed E-state index contributed by atoms with van der Waals surface area (Å²) >= 11 is 4.45. The number of nitrogens with zero attached hydrogens (tertiary/aromatic N) is 1. The third-order valence-corrected chi connectivity index (χ3v) is 7.24. The summed E-state index contributed by atoms with van der Waals surface area (Å²) < 4.78 is 45.1. The third kappa shape index (κ3) is 3.91. The SMILES string of the molecule is O=c1oc2ccc(Br)cc2cc1-c1csc(NS(=O)(=O)c2ccc3c(c2)OCCO3)n1. The van der Waals surface area contributed by atoms with E-state index < -0.39 is 15.6 Å². The van der Waals surface area contributed by atoms with Crippen LogP contribution < -0.4 is 19.8 Å². The van der Waals surface area contributed by atoms with Crippen LogP contribution in [0.5, 0.6) is 11.5 Å². The number of hydrogen-bond donors (Lipinski definition) is 1. The number of ether oxygens (including phenoxy) is 2. The molecule has 0 spiro atoms. The number of rotatable bonds is 4. The maximum absolute atomic E-state index is 12.8. The molecule has 1 aliphatic rings. The molecule has 0 aliphatic carbocycles. The van der Waals surface area contributed by atoms with Gasteiger partial charge in [0.1, 0.15) is 18.8 Å². The zero-order chi connectivity index (χ0) is 21.6. The van der Waals surface area contributed by atoms with Gasteiger partial charge in [-0.05, 0) is 36.4 Å². The molecule has 2 aromatic carbocycles. The first-order valence-corrected chi connectivity index (χ1v) is 12.2. The highest BCUT2D eigenvalue weighted by Crippen LogP contribution is 2.33. The lowest BCUT2D eigenvalue weighted by molar-refractivity contribution is 0.171. The van der Waals surface area contributed by atoms with Crippen molar-refractivity contribution < 1.29 is 22.3 Å². The van der Waals surface area contributed by atoms with Gasteiger partial charge in [-0.25, -0.2) is 18.2 Å². The molecule has 31 heavy (non-hydrogen) atoms. The zero-order valence-corrected chi connectivity index (χ0v) is 18.8. The summed E-state index contributed by atoms with van der Waals surface area (Å²) in [6.45, 7) is 0.767. The highest BCUT2D eigenvalue weighted by molar-refractivity contribution is 9.10. The fraction of sp³-hybridized carbons (Fsp3) is 0.100. The van der Waals surface area contributed by atoms with Crippen molar-refractivity contribution in [2.24, 2.45) is 0 Å². The van der Waals surface area contributed by atoms with Crippen LogP contribution in [0.4, 0.5) is 5.13 Å². The lowest BCUT2D eigenvalue weighted by Gasteiger charge is -2.18. The van der Waals surface area contributed by atoms with Crippen molar-refractivity contribution in [2.75, 3.05) is 17.9 Å². The number of nitrogens with one attached hydrogen (secondary N) is 1. The number of aromatic nitrogens is 1. The summed E-state index contributed by atoms with van der Waals surface area (Å²) in [4.78, 5) is 16.7. The number of anilines is 1. The van der Waals surface area contributed by atoms with Crippen molar-refractivity contribution >= 4 is 53.4 Å². The first kappa shape index (κ1) is 20.0. The van der Waals surface area contributed by atoms with E-state index in [-0.39, 0.29) is 15.6 Å². The van der Waals surface area contributed by atoms with Gasteiger partial charge in [0.05, 0.1) is 16.2 Å². The van der Waals surface area contributed by atoms with Crippen LogP contribution in [0.25, 0.3) is 22.2 Å². The van der Waals surface area contributed by atoms with Crippen molar-refractivity contribution in [1.82, 2.24) is 4.98 Å². The Morgan fingerprint density at radius 3 is 2.68 bits per heavy atom. The summed E-state index contributed by atoms with van der Waals surface area (Å²) in [5.74, 6) is 0.866. The molecule has 0 radical (unpaired) electrons. The third-order valence-electron chi connectivity index (χ3n) is 4.52. The summed E-state index contributed by atoms with van der Waals surface area (Å²) in [6, 6.07) is 11.3. The standard InChI is InChI=1S/C20H13BrN2O6S2/c21-12-1-3-16-11(7-12)8-14(19(24)29-16)15-10-30-20(22-15)23-31(25,26)13-2-4-17-18(9-13)28-6-5-27-17/h1-4,7-10H,5-6H2,(H,22,23). The number of hydrogen-bond acceptors (Lipinski definition) is 8. The summed E-state index contributed by atoms with van der Waals surface area (Å²) in [6.07, 6.45) is 0. The highest BCUT2D eigenvalue weighted by Gasteiger charge is 2.21. The van der Waals surface area contributed by atoms with Crippen molar-refractivity contribution in [3.8, 4) is 22.8 Å². The molecular formula is C20H13BrN2O6S2. The molecule has 0 amide bonds. The van der Waals surface area contributed by atoms with E-state index in [1.807, 2.05) is 6.07 Å². The molecule has 1 N–H and O–H groups in total. The quantitative estimate of drug-likeness (QED) is 0.400. The Hall–Kier alpha value is -2.89. The Labute approximate surface area is 188 Å². The second-order valence-corrected chi connectivity index (χ2v) is 10.0. The molecule has 2 aromatic heterocycles. The molecule has 1 aliphatic heterocycles. The van der Waals surface area contributed by atoms with Gasteiger partial charge in [0.25, 0.3) is 10.0 Å². The van der Waals surface area contributed by atoms with Crippen molar-refractivity contribution in [3.63, 3.8) is 0 Å². The topological polar surface area (TPSA) is 108 Å². The average molecular weight is 521 g/mol. The number of thiazole rings is 1. The van der Waals surface area contributed by atoms with Crippen LogP contribution in [0.15, 0.2) is 66.4 Å². The van der Waals surface area contributed by atoms with Crippen LogP contribution in [-0.2, 0) is 10.0 Å². The van der Waals surface area contributed by atoms with E-state index >= 15 is 0 Å². The van der Waals surface area contributed by atoms with E-state index in [4.69, 9.17) is 13.9 Å². The van der Waals surface area contributed by atoms with Gasteiger partial charge in [0, 0.05) is 21.3 Å². The molecule has 0 saturated heterocycles. The molecule has 5 rings (SSSR count). The maximum atomic E-state index is 12.8. The minimum Gasteiger partial charge on any atom is -0.486 e. The Bertz CT molecular complexity index is 1480. The van der Waals surface area contributed by atoms with E-state index in [1.54, 1.807) is 29.6 Å². The molecule has 0 bridgehead atoms. The van der Waals surface area contributed by atoms with Crippen LogP contribution in [0.2, 0.25) is 0 Å². The molecule has 0 saturated carbocycles. The van der Waals surface area contributed by atoms with E-state index in [0.29, 0.717) is 36.0 Å². The van der Waals surface area contributed by atoms with Crippen molar-refractivity contribution in [2.45, 2.75) is 4.90 Å². The molecule has 11 heteroatoms. The molecule has 3 heterocycles. The van der Waals surface area contributed by atoms with Gasteiger partial charge in [-0.2, -0.15) is 0 Å². The van der Waals surface area contributed by atoms with Crippen LogP contribution in [-0.4, -0.2) is 26.6 Å². The van der Waals surface area contributed by atoms with Gasteiger partial charge in [0.15, 0.2) is 16.6 Å². The van der Waals surface area contributed by atoms with Crippen LogP contribution in [0.3, 0.4) is 0 Å². The Morgan fingerprint density at radius 1 is 1.03 bits per heavy atom.